The van der Waals surface area contributed by atoms with Gasteiger partial charge in [-0.05, 0) is 35.6 Å². The van der Waals surface area contributed by atoms with Crippen molar-refractivity contribution in [3.8, 4) is 5.75 Å². The van der Waals surface area contributed by atoms with E-state index in [4.69, 9.17) is 16.3 Å². The van der Waals surface area contributed by atoms with Gasteiger partial charge >= 0.3 is 0 Å². The number of hydrogen-bond acceptors (Lipinski definition) is 1. The molecule has 1 aromatic rings. The van der Waals surface area contributed by atoms with Crippen molar-refractivity contribution in [1.82, 2.24) is 0 Å². The van der Waals surface area contributed by atoms with Gasteiger partial charge in [-0.2, -0.15) is 0 Å². The molecule has 1 nitrogen and oxygen atoms in total. The summed E-state index contributed by atoms with van der Waals surface area (Å²) in [5, 5.41) is 1.77. The molecule has 0 saturated heterocycles. The summed E-state index contributed by atoms with van der Waals surface area (Å²) in [5.41, 5.74) is 1.38. The Hall–Kier alpha value is -0.210. The minimum atomic E-state index is 0.240. The first-order valence-electron chi connectivity index (χ1n) is 6.35. The first-order valence-corrected chi connectivity index (χ1v) is 7.85. The standard InChI is InChI=1S/C15H22BrClO/c1-5-11-8-13(6-7-14(11)17)18-10-12(9-16)15(2,3)4/h6-8,12H,5,9-10H2,1-4H3. The smallest absolute Gasteiger partial charge is 0.119 e. The maximum absolute atomic E-state index is 6.10. The number of benzene rings is 1. The van der Waals surface area contributed by atoms with Crippen molar-refractivity contribution >= 4 is 27.5 Å². The lowest BCUT2D eigenvalue weighted by atomic mass is 9.83. The maximum Gasteiger partial charge on any atom is 0.119 e. The fourth-order valence-corrected chi connectivity index (χ4v) is 3.04. The Morgan fingerprint density at radius 1 is 1.33 bits per heavy atom. The molecule has 18 heavy (non-hydrogen) atoms. The molecule has 0 N–H and O–H groups in total. The van der Waals surface area contributed by atoms with Gasteiger partial charge in [0.1, 0.15) is 5.75 Å². The third-order valence-corrected chi connectivity index (χ3v) is 4.41. The molecule has 1 unspecified atom stereocenters. The minimum absolute atomic E-state index is 0.240. The van der Waals surface area contributed by atoms with Crippen molar-refractivity contribution in [1.29, 1.82) is 0 Å². The van der Waals surface area contributed by atoms with Crippen molar-refractivity contribution in [3.63, 3.8) is 0 Å². The Balaban J connectivity index is 2.68. The van der Waals surface area contributed by atoms with Crippen LogP contribution in [0.4, 0.5) is 0 Å². The Labute approximate surface area is 124 Å². The van der Waals surface area contributed by atoms with Crippen molar-refractivity contribution in [3.05, 3.63) is 28.8 Å². The van der Waals surface area contributed by atoms with Crippen LogP contribution in [-0.2, 0) is 6.42 Å². The Bertz CT molecular complexity index is 385. The second-order valence-corrected chi connectivity index (χ2v) is 6.69. The largest absolute Gasteiger partial charge is 0.493 e. The summed E-state index contributed by atoms with van der Waals surface area (Å²) in [5.74, 6) is 1.39. The van der Waals surface area contributed by atoms with E-state index in [-0.39, 0.29) is 5.41 Å². The summed E-state index contributed by atoms with van der Waals surface area (Å²) in [4.78, 5) is 0. The van der Waals surface area contributed by atoms with Gasteiger partial charge in [0.05, 0.1) is 6.61 Å². The average molecular weight is 334 g/mol. The highest BCUT2D eigenvalue weighted by Crippen LogP contribution is 2.29. The highest BCUT2D eigenvalue weighted by atomic mass is 79.9. The molecule has 0 heterocycles. The number of halogens is 2. The fourth-order valence-electron chi connectivity index (χ4n) is 1.63. The van der Waals surface area contributed by atoms with E-state index in [9.17, 15) is 0 Å². The molecule has 0 aliphatic heterocycles. The van der Waals surface area contributed by atoms with Gasteiger partial charge in [-0.25, -0.2) is 0 Å². The van der Waals surface area contributed by atoms with Crippen LogP contribution in [0.3, 0.4) is 0 Å². The van der Waals surface area contributed by atoms with Gasteiger partial charge in [0.25, 0.3) is 0 Å². The zero-order valence-electron chi connectivity index (χ0n) is 11.6. The van der Waals surface area contributed by atoms with E-state index in [1.54, 1.807) is 0 Å². The second-order valence-electron chi connectivity index (χ2n) is 5.64. The summed E-state index contributed by atoms with van der Waals surface area (Å²) in [6.07, 6.45) is 0.928. The lowest BCUT2D eigenvalue weighted by molar-refractivity contribution is 0.166. The summed E-state index contributed by atoms with van der Waals surface area (Å²) in [6.45, 7) is 9.53. The van der Waals surface area contributed by atoms with E-state index in [1.165, 1.54) is 0 Å². The molecule has 0 spiro atoms. The highest BCUT2D eigenvalue weighted by molar-refractivity contribution is 9.09. The van der Waals surface area contributed by atoms with E-state index < -0.39 is 0 Å². The lowest BCUT2D eigenvalue weighted by Crippen LogP contribution is -2.27. The summed E-state index contributed by atoms with van der Waals surface area (Å²) >= 11 is 9.66. The number of alkyl halides is 1. The lowest BCUT2D eigenvalue weighted by Gasteiger charge is -2.29. The third-order valence-electron chi connectivity index (χ3n) is 3.26. The van der Waals surface area contributed by atoms with E-state index in [0.717, 1.165) is 34.7 Å². The van der Waals surface area contributed by atoms with Gasteiger partial charge in [0.2, 0.25) is 0 Å². The first-order chi connectivity index (χ1) is 8.38. The predicted molar refractivity (Wildman–Crippen MR) is 83.1 cm³/mol. The SMILES string of the molecule is CCc1cc(OCC(CBr)C(C)(C)C)ccc1Cl. The van der Waals surface area contributed by atoms with Gasteiger partial charge in [-0.15, -0.1) is 0 Å². The Morgan fingerprint density at radius 3 is 2.50 bits per heavy atom. The van der Waals surface area contributed by atoms with Crippen molar-refractivity contribution in [2.75, 3.05) is 11.9 Å². The third kappa shape index (κ3) is 4.47. The quantitative estimate of drug-likeness (QED) is 0.661. The topological polar surface area (TPSA) is 9.23 Å². The summed E-state index contributed by atoms with van der Waals surface area (Å²) in [6, 6.07) is 5.89. The molecule has 0 radical (unpaired) electrons. The van der Waals surface area contributed by atoms with Gasteiger partial charge in [0, 0.05) is 16.3 Å². The molecule has 1 rings (SSSR count). The van der Waals surface area contributed by atoms with Crippen LogP contribution in [0.25, 0.3) is 0 Å². The van der Waals surface area contributed by atoms with Crippen LogP contribution in [0, 0.1) is 11.3 Å². The normalized spacial score (nSPS) is 13.4. The molecular weight excluding hydrogens is 312 g/mol. The second kappa shape index (κ2) is 6.81. The van der Waals surface area contributed by atoms with Gasteiger partial charge < -0.3 is 4.74 Å². The molecule has 0 aromatic heterocycles. The van der Waals surface area contributed by atoms with Crippen LogP contribution < -0.4 is 4.74 Å². The monoisotopic (exact) mass is 332 g/mol. The maximum atomic E-state index is 6.10. The van der Waals surface area contributed by atoms with Crippen LogP contribution >= 0.6 is 27.5 Å². The van der Waals surface area contributed by atoms with Crippen LogP contribution in [0.5, 0.6) is 5.75 Å². The Morgan fingerprint density at radius 2 is 2.00 bits per heavy atom. The van der Waals surface area contributed by atoms with Crippen LogP contribution in [0.15, 0.2) is 18.2 Å². The van der Waals surface area contributed by atoms with E-state index >= 15 is 0 Å². The fraction of sp³-hybridized carbons (Fsp3) is 0.600. The molecule has 0 saturated carbocycles. The molecule has 0 bridgehead atoms. The molecule has 0 aliphatic rings. The number of aryl methyl sites for hydroxylation is 1. The van der Waals surface area contributed by atoms with Crippen molar-refractivity contribution in [2.45, 2.75) is 34.1 Å². The van der Waals surface area contributed by atoms with Gasteiger partial charge in [-0.3, -0.25) is 0 Å². The highest BCUT2D eigenvalue weighted by Gasteiger charge is 2.24. The number of ether oxygens (including phenoxy) is 1. The molecular formula is C15H22BrClO. The van der Waals surface area contributed by atoms with E-state index in [2.05, 4.69) is 43.6 Å². The summed E-state index contributed by atoms with van der Waals surface area (Å²) in [7, 11) is 0. The molecule has 3 heteroatoms. The molecule has 0 aliphatic carbocycles. The minimum Gasteiger partial charge on any atom is -0.493 e. The van der Waals surface area contributed by atoms with Crippen LogP contribution in [0.2, 0.25) is 5.02 Å². The van der Waals surface area contributed by atoms with Crippen LogP contribution in [0.1, 0.15) is 33.3 Å². The Kier molecular flexibility index (Phi) is 6.00. The molecule has 0 amide bonds. The first kappa shape index (κ1) is 15.8. The zero-order chi connectivity index (χ0) is 13.8. The molecule has 1 atom stereocenters. The van der Waals surface area contributed by atoms with Crippen LogP contribution in [-0.4, -0.2) is 11.9 Å². The molecule has 0 fully saturated rings. The number of hydrogen-bond donors (Lipinski definition) is 0. The average Bonchev–Trinajstić information content (AvgIpc) is 2.30. The molecule has 1 aromatic carbocycles. The molecule has 102 valence electrons. The number of rotatable bonds is 5. The van der Waals surface area contributed by atoms with E-state index in [0.29, 0.717) is 5.92 Å². The van der Waals surface area contributed by atoms with Gasteiger partial charge in [0.15, 0.2) is 0 Å². The zero-order valence-corrected chi connectivity index (χ0v) is 13.9. The predicted octanol–water partition coefficient (Wildman–Crippen LogP) is 5.34. The summed E-state index contributed by atoms with van der Waals surface area (Å²) < 4.78 is 5.89. The van der Waals surface area contributed by atoms with E-state index in [1.807, 2.05) is 18.2 Å². The van der Waals surface area contributed by atoms with Gasteiger partial charge in [-0.1, -0.05) is 55.2 Å². The van der Waals surface area contributed by atoms with Crippen molar-refractivity contribution in [2.24, 2.45) is 11.3 Å². The van der Waals surface area contributed by atoms with Crippen molar-refractivity contribution < 1.29 is 4.74 Å².